The van der Waals surface area contributed by atoms with Gasteiger partial charge >= 0.3 is 0 Å². The third kappa shape index (κ3) is 3.49. The number of aromatic nitrogens is 1. The molecule has 1 aliphatic rings. The first-order valence-corrected chi connectivity index (χ1v) is 6.18. The van der Waals surface area contributed by atoms with Crippen LogP contribution in [0.3, 0.4) is 0 Å². The van der Waals surface area contributed by atoms with E-state index in [2.05, 4.69) is 20.4 Å². The van der Waals surface area contributed by atoms with Crippen LogP contribution in [0.5, 0.6) is 0 Å². The van der Waals surface area contributed by atoms with Crippen molar-refractivity contribution in [3.63, 3.8) is 0 Å². The molecule has 0 aromatic carbocycles. The minimum Gasteiger partial charge on any atom is -0.348 e. The Balaban J connectivity index is 1.86. The molecule has 1 aromatic rings. The first-order valence-electron chi connectivity index (χ1n) is 5.77. The second-order valence-corrected chi connectivity index (χ2v) is 4.46. The van der Waals surface area contributed by atoms with Gasteiger partial charge in [-0.2, -0.15) is 5.10 Å². The third-order valence-corrected chi connectivity index (χ3v) is 3.01. The van der Waals surface area contributed by atoms with E-state index < -0.39 is 0 Å². The highest BCUT2D eigenvalue weighted by Gasteiger charge is 2.13. The quantitative estimate of drug-likeness (QED) is 0.491. The van der Waals surface area contributed by atoms with E-state index in [9.17, 15) is 0 Å². The summed E-state index contributed by atoms with van der Waals surface area (Å²) in [6, 6.07) is 5.83. The molecule has 4 nitrogen and oxygen atoms in total. The van der Waals surface area contributed by atoms with Gasteiger partial charge in [0.2, 0.25) is 0 Å². The Morgan fingerprint density at radius 1 is 1.47 bits per heavy atom. The van der Waals surface area contributed by atoms with Crippen LogP contribution < -0.4 is 5.43 Å². The van der Waals surface area contributed by atoms with Gasteiger partial charge in [0.1, 0.15) is 0 Å². The maximum atomic E-state index is 5.24. The van der Waals surface area contributed by atoms with Crippen LogP contribution in [0.25, 0.3) is 0 Å². The number of nitrogens with one attached hydrogen (secondary N) is 1. The molecule has 0 atom stereocenters. The molecule has 0 saturated carbocycles. The SMILES string of the molecule is Cc1cccc(C=NNC(=S)N2CCCC2)n1. The van der Waals surface area contributed by atoms with Crippen molar-refractivity contribution in [1.29, 1.82) is 0 Å². The summed E-state index contributed by atoms with van der Waals surface area (Å²) in [6.07, 6.45) is 4.12. The molecule has 2 heterocycles. The molecular formula is C12H16N4S. The fourth-order valence-electron chi connectivity index (χ4n) is 1.78. The highest BCUT2D eigenvalue weighted by molar-refractivity contribution is 7.80. The number of hydrazone groups is 1. The monoisotopic (exact) mass is 248 g/mol. The zero-order chi connectivity index (χ0) is 12.1. The Morgan fingerprint density at radius 2 is 2.24 bits per heavy atom. The minimum atomic E-state index is 0.700. The average molecular weight is 248 g/mol. The Bertz CT molecular complexity index is 424. The van der Waals surface area contributed by atoms with Crippen LogP contribution >= 0.6 is 12.2 Å². The summed E-state index contributed by atoms with van der Waals surface area (Å²) in [7, 11) is 0. The molecule has 17 heavy (non-hydrogen) atoms. The molecule has 1 aromatic heterocycles. The van der Waals surface area contributed by atoms with Crippen molar-refractivity contribution in [2.24, 2.45) is 5.10 Å². The van der Waals surface area contributed by atoms with Crippen LogP contribution in [0, 0.1) is 6.92 Å². The molecule has 5 heteroatoms. The highest BCUT2D eigenvalue weighted by atomic mass is 32.1. The van der Waals surface area contributed by atoms with Crippen LogP contribution in [0.1, 0.15) is 24.2 Å². The van der Waals surface area contributed by atoms with Crippen LogP contribution in [-0.4, -0.2) is 34.3 Å². The van der Waals surface area contributed by atoms with Gasteiger partial charge in [-0.1, -0.05) is 6.07 Å². The Kier molecular flexibility index (Phi) is 4.03. The summed E-state index contributed by atoms with van der Waals surface area (Å²) in [5, 5.41) is 4.81. The first kappa shape index (κ1) is 12.0. The van der Waals surface area contributed by atoms with Gasteiger partial charge < -0.3 is 4.90 Å². The fraction of sp³-hybridized carbons (Fsp3) is 0.417. The molecule has 0 aliphatic carbocycles. The van der Waals surface area contributed by atoms with Crippen molar-refractivity contribution < 1.29 is 0 Å². The van der Waals surface area contributed by atoms with Gasteiger partial charge in [0, 0.05) is 18.8 Å². The molecule has 0 unspecified atom stereocenters. The summed E-state index contributed by atoms with van der Waals surface area (Å²) < 4.78 is 0. The number of hydrogen-bond donors (Lipinski definition) is 1. The van der Waals surface area contributed by atoms with E-state index in [1.165, 1.54) is 12.8 Å². The van der Waals surface area contributed by atoms with Crippen molar-refractivity contribution in [2.75, 3.05) is 13.1 Å². The van der Waals surface area contributed by atoms with Gasteiger partial charge in [-0.3, -0.25) is 10.4 Å². The van der Waals surface area contributed by atoms with E-state index in [1.54, 1.807) is 6.21 Å². The van der Waals surface area contributed by atoms with Gasteiger partial charge in [0.05, 0.1) is 11.9 Å². The van der Waals surface area contributed by atoms with Crippen molar-refractivity contribution >= 4 is 23.5 Å². The smallest absolute Gasteiger partial charge is 0.189 e. The number of likely N-dealkylation sites (tertiary alicyclic amines) is 1. The van der Waals surface area contributed by atoms with Gasteiger partial charge in [0.15, 0.2) is 5.11 Å². The summed E-state index contributed by atoms with van der Waals surface area (Å²) in [5.41, 5.74) is 4.70. The molecule has 0 bridgehead atoms. The van der Waals surface area contributed by atoms with Crippen LogP contribution in [0.15, 0.2) is 23.3 Å². The maximum absolute atomic E-state index is 5.24. The lowest BCUT2D eigenvalue weighted by Gasteiger charge is -2.16. The summed E-state index contributed by atoms with van der Waals surface area (Å²) in [5.74, 6) is 0. The average Bonchev–Trinajstić information content (AvgIpc) is 2.82. The van der Waals surface area contributed by atoms with E-state index in [0.717, 1.165) is 24.5 Å². The molecule has 0 radical (unpaired) electrons. The topological polar surface area (TPSA) is 40.5 Å². The van der Waals surface area contributed by atoms with Crippen molar-refractivity contribution in [3.8, 4) is 0 Å². The van der Waals surface area contributed by atoms with E-state index in [4.69, 9.17) is 12.2 Å². The zero-order valence-electron chi connectivity index (χ0n) is 9.89. The van der Waals surface area contributed by atoms with Crippen molar-refractivity contribution in [2.45, 2.75) is 19.8 Å². The van der Waals surface area contributed by atoms with Crippen molar-refractivity contribution in [1.82, 2.24) is 15.3 Å². The lowest BCUT2D eigenvalue weighted by molar-refractivity contribution is 0.509. The Morgan fingerprint density at radius 3 is 2.94 bits per heavy atom. The second kappa shape index (κ2) is 5.72. The Labute approximate surface area is 107 Å². The molecule has 1 aliphatic heterocycles. The van der Waals surface area contributed by atoms with Gasteiger partial charge in [0.25, 0.3) is 0 Å². The Hall–Kier alpha value is -1.49. The number of pyridine rings is 1. The summed E-state index contributed by atoms with van der Waals surface area (Å²) in [6.45, 7) is 4.02. The number of rotatable bonds is 2. The molecule has 1 fully saturated rings. The van der Waals surface area contributed by atoms with Gasteiger partial charge in [-0.25, -0.2) is 0 Å². The predicted molar refractivity (Wildman–Crippen MR) is 73.1 cm³/mol. The minimum absolute atomic E-state index is 0.700. The molecule has 0 spiro atoms. The normalized spacial score (nSPS) is 15.5. The third-order valence-electron chi connectivity index (χ3n) is 2.66. The van der Waals surface area contributed by atoms with Crippen LogP contribution in [0.4, 0.5) is 0 Å². The lowest BCUT2D eigenvalue weighted by atomic mass is 10.3. The molecule has 90 valence electrons. The maximum Gasteiger partial charge on any atom is 0.189 e. The zero-order valence-corrected chi connectivity index (χ0v) is 10.7. The van der Waals surface area contributed by atoms with E-state index in [-0.39, 0.29) is 0 Å². The van der Waals surface area contributed by atoms with E-state index in [1.807, 2.05) is 25.1 Å². The molecule has 1 N–H and O–H groups in total. The van der Waals surface area contributed by atoms with Gasteiger partial charge in [-0.15, -0.1) is 0 Å². The largest absolute Gasteiger partial charge is 0.348 e. The number of aryl methyl sites for hydroxylation is 1. The van der Waals surface area contributed by atoms with Crippen LogP contribution in [0.2, 0.25) is 0 Å². The number of thiocarbonyl (C=S) groups is 1. The first-order chi connectivity index (χ1) is 8.25. The number of nitrogens with zero attached hydrogens (tertiary/aromatic N) is 3. The van der Waals surface area contributed by atoms with Gasteiger partial charge in [-0.05, 0) is 44.1 Å². The molecule has 2 rings (SSSR count). The van der Waals surface area contributed by atoms with Crippen LogP contribution in [-0.2, 0) is 0 Å². The van der Waals surface area contributed by atoms with E-state index in [0.29, 0.717) is 5.11 Å². The second-order valence-electron chi connectivity index (χ2n) is 4.07. The summed E-state index contributed by atoms with van der Waals surface area (Å²) >= 11 is 5.24. The highest BCUT2D eigenvalue weighted by Crippen LogP contribution is 2.06. The molecule has 0 amide bonds. The predicted octanol–water partition coefficient (Wildman–Crippen LogP) is 1.69. The van der Waals surface area contributed by atoms with Crippen molar-refractivity contribution in [3.05, 3.63) is 29.6 Å². The standard InChI is InChI=1S/C12H16N4S/c1-10-5-4-6-11(14-10)9-13-15-12(17)16-7-2-3-8-16/h4-6,9H,2-3,7-8H2,1H3,(H,15,17). The summed E-state index contributed by atoms with van der Waals surface area (Å²) in [4.78, 5) is 6.46. The van der Waals surface area contributed by atoms with E-state index >= 15 is 0 Å². The molecular weight excluding hydrogens is 232 g/mol. The number of hydrogen-bond acceptors (Lipinski definition) is 3. The fourth-order valence-corrected chi connectivity index (χ4v) is 2.02. The lowest BCUT2D eigenvalue weighted by Crippen LogP contribution is -2.34. The molecule has 1 saturated heterocycles.